The van der Waals surface area contributed by atoms with Crippen LogP contribution in [0.4, 0.5) is 4.79 Å². The van der Waals surface area contributed by atoms with Crippen molar-refractivity contribution in [1.29, 1.82) is 0 Å². The number of carbonyl (C=O) groups excluding carboxylic acids is 4. The number of carbonyl (C=O) groups is 4. The molecule has 1 aliphatic heterocycles. The Labute approximate surface area is 284 Å². The molecule has 1 saturated heterocycles. The van der Waals surface area contributed by atoms with Gasteiger partial charge in [-0.2, -0.15) is 0 Å². The zero-order valence-corrected chi connectivity index (χ0v) is 29.1. The number of nitrogens with one attached hydrogen (secondary N) is 1. The Kier molecular flexibility index (Phi) is 12.6. The predicted molar refractivity (Wildman–Crippen MR) is 186 cm³/mol. The molecule has 10 nitrogen and oxygen atoms in total. The molecule has 0 spiro atoms. The molecule has 3 aromatic carbocycles. The van der Waals surface area contributed by atoms with E-state index in [-0.39, 0.29) is 49.5 Å². The largest absolute Gasteiger partial charge is 0.444 e. The summed E-state index contributed by atoms with van der Waals surface area (Å²) < 4.78 is 11.5. The Hall–Kier alpha value is -4.44. The molecule has 3 atom stereocenters. The van der Waals surface area contributed by atoms with Crippen LogP contribution in [0.1, 0.15) is 51.2 Å². The molecule has 3 aromatic rings. The Bertz CT molecular complexity index is 1560. The second-order valence-electron chi connectivity index (χ2n) is 13.5. The van der Waals surface area contributed by atoms with Crippen LogP contribution in [0.15, 0.2) is 72.8 Å². The lowest BCUT2D eigenvalue weighted by Gasteiger charge is -2.37. The van der Waals surface area contributed by atoms with Gasteiger partial charge in [0.15, 0.2) is 0 Å². The molecular formula is C38H50N4O6. The minimum Gasteiger partial charge on any atom is -0.444 e. The molecule has 0 radical (unpaired) electrons. The third-order valence-corrected chi connectivity index (χ3v) is 8.82. The summed E-state index contributed by atoms with van der Waals surface area (Å²) >= 11 is 0. The maximum absolute atomic E-state index is 14.3. The van der Waals surface area contributed by atoms with Crippen LogP contribution in [0.3, 0.4) is 0 Å². The van der Waals surface area contributed by atoms with Gasteiger partial charge in [-0.3, -0.25) is 14.4 Å². The molecule has 1 fully saturated rings. The van der Waals surface area contributed by atoms with Gasteiger partial charge in [0.1, 0.15) is 24.3 Å². The Morgan fingerprint density at radius 1 is 0.854 bits per heavy atom. The number of benzene rings is 3. The van der Waals surface area contributed by atoms with Crippen LogP contribution in [-0.4, -0.2) is 103 Å². The van der Waals surface area contributed by atoms with Gasteiger partial charge in [-0.05, 0) is 61.9 Å². The van der Waals surface area contributed by atoms with Gasteiger partial charge < -0.3 is 29.5 Å². The number of likely N-dealkylation sites (N-methyl/N-ethyl adjacent to an activating group) is 3. The van der Waals surface area contributed by atoms with Crippen LogP contribution in [0, 0.1) is 0 Å². The first-order valence-corrected chi connectivity index (χ1v) is 16.7. The van der Waals surface area contributed by atoms with E-state index in [9.17, 15) is 19.2 Å². The molecule has 0 aliphatic carbocycles. The zero-order valence-electron chi connectivity index (χ0n) is 29.1. The van der Waals surface area contributed by atoms with Gasteiger partial charge >= 0.3 is 6.09 Å². The summed E-state index contributed by atoms with van der Waals surface area (Å²) in [6.07, 6.45) is 2.76. The number of rotatable bonds is 12. The average Bonchev–Trinajstić information content (AvgIpc) is 3.08. The number of ether oxygens (including phenoxy) is 2. The monoisotopic (exact) mass is 658 g/mol. The molecule has 1 aliphatic rings. The van der Waals surface area contributed by atoms with Gasteiger partial charge in [0.2, 0.25) is 17.7 Å². The van der Waals surface area contributed by atoms with E-state index in [2.05, 4.69) is 5.32 Å². The van der Waals surface area contributed by atoms with E-state index in [1.807, 2.05) is 93.6 Å². The van der Waals surface area contributed by atoms with Gasteiger partial charge in [0, 0.05) is 40.5 Å². The van der Waals surface area contributed by atoms with Crippen LogP contribution in [-0.2, 0) is 36.7 Å². The highest BCUT2D eigenvalue weighted by Gasteiger charge is 2.36. The standard InChI is InChI=1S/C38H50N4O6/c1-38(2,3)48-37(46)42-21-13-12-18-31(42)25-47-26-34(43)40(5)33(24-28-19-20-29-16-10-11-17-30(29)22-28)36(45)41(6)32(35(44)39-4)23-27-14-8-7-9-15-27/h7-11,14-17,19-20,22,31-33H,12-13,18,21,23-26H2,1-6H3,(H,39,44). The highest BCUT2D eigenvalue weighted by atomic mass is 16.6. The Morgan fingerprint density at radius 3 is 2.21 bits per heavy atom. The van der Waals surface area contributed by atoms with Gasteiger partial charge in [-0.1, -0.05) is 72.8 Å². The van der Waals surface area contributed by atoms with Crippen LogP contribution in [0.5, 0.6) is 0 Å². The summed E-state index contributed by atoms with van der Waals surface area (Å²) in [7, 11) is 4.76. The van der Waals surface area contributed by atoms with Gasteiger partial charge in [0.05, 0.1) is 12.6 Å². The van der Waals surface area contributed by atoms with Crippen molar-refractivity contribution in [2.45, 2.75) is 76.6 Å². The van der Waals surface area contributed by atoms with E-state index >= 15 is 0 Å². The van der Waals surface area contributed by atoms with Crippen molar-refractivity contribution < 1.29 is 28.7 Å². The van der Waals surface area contributed by atoms with Crippen LogP contribution >= 0.6 is 0 Å². The Balaban J connectivity index is 1.52. The summed E-state index contributed by atoms with van der Waals surface area (Å²) in [5.74, 6) is -1.02. The van der Waals surface area contributed by atoms with Gasteiger partial charge in [0.25, 0.3) is 0 Å². The van der Waals surface area contributed by atoms with Crippen LogP contribution in [0.2, 0.25) is 0 Å². The summed E-state index contributed by atoms with van der Waals surface area (Å²) in [6, 6.07) is 21.6. The first kappa shape index (κ1) is 36.4. The predicted octanol–water partition coefficient (Wildman–Crippen LogP) is 4.83. The number of piperidine rings is 1. The molecular weight excluding hydrogens is 608 g/mol. The molecule has 1 N–H and O–H groups in total. The third kappa shape index (κ3) is 9.79. The summed E-state index contributed by atoms with van der Waals surface area (Å²) in [5.41, 5.74) is 1.18. The summed E-state index contributed by atoms with van der Waals surface area (Å²) in [6.45, 7) is 5.99. The fourth-order valence-electron chi connectivity index (χ4n) is 6.07. The molecule has 0 saturated carbocycles. The molecule has 0 aromatic heterocycles. The molecule has 0 bridgehead atoms. The third-order valence-electron chi connectivity index (χ3n) is 8.82. The lowest BCUT2D eigenvalue weighted by Crippen LogP contribution is -2.56. The summed E-state index contributed by atoms with van der Waals surface area (Å²) in [5, 5.41) is 4.80. The molecule has 1 heterocycles. The van der Waals surface area contributed by atoms with Crippen molar-refractivity contribution in [3.8, 4) is 0 Å². The number of hydrogen-bond donors (Lipinski definition) is 1. The minimum atomic E-state index is -0.900. The Morgan fingerprint density at radius 2 is 1.52 bits per heavy atom. The molecule has 4 amide bonds. The normalized spacial score (nSPS) is 16.1. The van der Waals surface area contributed by atoms with Crippen molar-refractivity contribution in [3.05, 3.63) is 83.9 Å². The quantitative estimate of drug-likeness (QED) is 0.299. The van der Waals surface area contributed by atoms with Crippen molar-refractivity contribution >= 4 is 34.6 Å². The zero-order chi connectivity index (χ0) is 34.8. The highest BCUT2D eigenvalue weighted by molar-refractivity contribution is 5.92. The summed E-state index contributed by atoms with van der Waals surface area (Å²) in [4.78, 5) is 58.5. The topological polar surface area (TPSA) is 108 Å². The van der Waals surface area contributed by atoms with Crippen molar-refractivity contribution in [3.63, 3.8) is 0 Å². The number of fused-ring (bicyclic) bond motifs is 1. The average molecular weight is 659 g/mol. The molecule has 10 heteroatoms. The van der Waals surface area contributed by atoms with E-state index in [4.69, 9.17) is 9.47 Å². The second-order valence-corrected chi connectivity index (χ2v) is 13.5. The molecule has 3 unspecified atom stereocenters. The molecule has 48 heavy (non-hydrogen) atoms. The lowest BCUT2D eigenvalue weighted by molar-refractivity contribution is -0.149. The second kappa shape index (κ2) is 16.6. The SMILES string of the molecule is CNC(=O)C(Cc1ccccc1)N(C)C(=O)C(Cc1ccc2ccccc2c1)N(C)C(=O)COCC1CCCCN1C(=O)OC(C)(C)C. The fourth-order valence-corrected chi connectivity index (χ4v) is 6.07. The van der Waals surface area contributed by atoms with Gasteiger partial charge in [-0.25, -0.2) is 4.79 Å². The van der Waals surface area contributed by atoms with Crippen LogP contribution in [0.25, 0.3) is 10.8 Å². The van der Waals surface area contributed by atoms with Crippen LogP contribution < -0.4 is 5.32 Å². The fraction of sp³-hybridized carbons (Fsp3) is 0.474. The van der Waals surface area contributed by atoms with Crippen molar-refractivity contribution in [1.82, 2.24) is 20.0 Å². The van der Waals surface area contributed by atoms with E-state index in [1.54, 1.807) is 26.0 Å². The van der Waals surface area contributed by atoms with Gasteiger partial charge in [-0.15, -0.1) is 0 Å². The lowest BCUT2D eigenvalue weighted by atomic mass is 9.98. The number of amides is 4. The number of likely N-dealkylation sites (tertiary alicyclic amines) is 1. The van der Waals surface area contributed by atoms with Crippen molar-refractivity contribution in [2.75, 3.05) is 40.9 Å². The highest BCUT2D eigenvalue weighted by Crippen LogP contribution is 2.22. The molecule has 258 valence electrons. The maximum atomic E-state index is 14.3. The van der Waals surface area contributed by atoms with E-state index in [0.717, 1.165) is 41.2 Å². The maximum Gasteiger partial charge on any atom is 0.410 e. The number of hydrogen-bond acceptors (Lipinski definition) is 6. The first-order chi connectivity index (χ1) is 22.9. The van der Waals surface area contributed by atoms with Crippen molar-refractivity contribution in [2.24, 2.45) is 0 Å². The smallest absolute Gasteiger partial charge is 0.410 e. The first-order valence-electron chi connectivity index (χ1n) is 16.7. The van der Waals surface area contributed by atoms with E-state index in [1.165, 1.54) is 9.80 Å². The molecule has 4 rings (SSSR count). The van der Waals surface area contributed by atoms with E-state index in [0.29, 0.717) is 13.0 Å². The number of nitrogens with zero attached hydrogens (tertiary/aromatic N) is 3. The van der Waals surface area contributed by atoms with E-state index < -0.39 is 17.7 Å². The minimum absolute atomic E-state index is 0.178.